The van der Waals surface area contributed by atoms with Gasteiger partial charge in [0, 0.05) is 27.3 Å². The zero-order valence-electron chi connectivity index (χ0n) is 9.98. The number of methoxy groups -OCH3 is 2. The van der Waals surface area contributed by atoms with E-state index in [2.05, 4.69) is 4.90 Å². The minimum Gasteiger partial charge on any atom is -0.397 e. The monoisotopic (exact) mass is 224 g/mol. The Bertz CT molecular complexity index is 297. The van der Waals surface area contributed by atoms with Gasteiger partial charge in [0.15, 0.2) is 0 Å². The lowest BCUT2D eigenvalue weighted by atomic mass is 10.2. The normalized spacial score (nSPS) is 10.4. The van der Waals surface area contributed by atoms with Crippen LogP contribution in [0.5, 0.6) is 0 Å². The highest BCUT2D eigenvalue weighted by Gasteiger charge is 2.08. The van der Waals surface area contributed by atoms with Gasteiger partial charge < -0.3 is 20.1 Å². The number of hydrogen-bond donors (Lipinski definition) is 1. The Labute approximate surface area is 96.9 Å². The van der Waals surface area contributed by atoms with E-state index < -0.39 is 0 Å². The zero-order chi connectivity index (χ0) is 11.8. The number of nitrogens with two attached hydrogens (primary N) is 1. The lowest BCUT2D eigenvalue weighted by Gasteiger charge is -2.25. The van der Waals surface area contributed by atoms with Crippen molar-refractivity contribution in [3.63, 3.8) is 0 Å². The number of nitrogens with zero attached hydrogens (tertiary/aromatic N) is 1. The summed E-state index contributed by atoms with van der Waals surface area (Å²) in [5, 5.41) is 0. The van der Waals surface area contributed by atoms with Gasteiger partial charge >= 0.3 is 0 Å². The second kappa shape index (κ2) is 7.09. The fourth-order valence-corrected chi connectivity index (χ4v) is 1.53. The van der Waals surface area contributed by atoms with Gasteiger partial charge in [-0.2, -0.15) is 0 Å². The number of nitrogen functional groups attached to an aromatic ring is 1. The quantitative estimate of drug-likeness (QED) is 0.711. The van der Waals surface area contributed by atoms with Crippen molar-refractivity contribution in [2.45, 2.75) is 0 Å². The molecule has 1 aromatic carbocycles. The van der Waals surface area contributed by atoms with Crippen LogP contribution in [0.4, 0.5) is 11.4 Å². The summed E-state index contributed by atoms with van der Waals surface area (Å²) in [6, 6.07) is 7.84. The number of rotatable bonds is 7. The van der Waals surface area contributed by atoms with Crippen molar-refractivity contribution in [2.24, 2.45) is 0 Å². The second-order valence-corrected chi connectivity index (χ2v) is 3.53. The minimum atomic E-state index is 0.679. The van der Waals surface area contributed by atoms with Crippen molar-refractivity contribution < 1.29 is 9.47 Å². The molecule has 4 heteroatoms. The number of anilines is 2. The number of hydrogen-bond acceptors (Lipinski definition) is 4. The molecule has 1 rings (SSSR count). The predicted molar refractivity (Wildman–Crippen MR) is 66.8 cm³/mol. The molecule has 90 valence electrons. The van der Waals surface area contributed by atoms with E-state index in [9.17, 15) is 0 Å². The highest BCUT2D eigenvalue weighted by Crippen LogP contribution is 2.21. The summed E-state index contributed by atoms with van der Waals surface area (Å²) >= 11 is 0. The fourth-order valence-electron chi connectivity index (χ4n) is 1.53. The van der Waals surface area contributed by atoms with Gasteiger partial charge in [-0.15, -0.1) is 0 Å². The van der Waals surface area contributed by atoms with Gasteiger partial charge in [-0.1, -0.05) is 12.1 Å². The topological polar surface area (TPSA) is 47.7 Å². The molecule has 0 aliphatic heterocycles. The predicted octanol–water partition coefficient (Wildman–Crippen LogP) is 1.37. The fraction of sp³-hybridized carbons (Fsp3) is 0.500. The molecule has 0 saturated carbocycles. The van der Waals surface area contributed by atoms with E-state index >= 15 is 0 Å². The van der Waals surface area contributed by atoms with Gasteiger partial charge in [-0.05, 0) is 12.1 Å². The van der Waals surface area contributed by atoms with E-state index in [4.69, 9.17) is 15.2 Å². The van der Waals surface area contributed by atoms with Crippen LogP contribution in [0, 0.1) is 0 Å². The van der Waals surface area contributed by atoms with Gasteiger partial charge in [-0.25, -0.2) is 0 Å². The van der Waals surface area contributed by atoms with Crippen molar-refractivity contribution in [2.75, 3.05) is 51.2 Å². The highest BCUT2D eigenvalue weighted by molar-refractivity contribution is 5.67. The van der Waals surface area contributed by atoms with Crippen LogP contribution in [0.25, 0.3) is 0 Å². The van der Waals surface area contributed by atoms with Crippen LogP contribution in [0.1, 0.15) is 0 Å². The maximum Gasteiger partial charge on any atom is 0.0637 e. The molecule has 0 fully saturated rings. The van der Waals surface area contributed by atoms with Crippen LogP contribution in [0.2, 0.25) is 0 Å². The van der Waals surface area contributed by atoms with Crippen molar-refractivity contribution in [1.82, 2.24) is 0 Å². The molecule has 0 bridgehead atoms. The Morgan fingerprint density at radius 3 is 2.12 bits per heavy atom. The smallest absolute Gasteiger partial charge is 0.0637 e. The van der Waals surface area contributed by atoms with Crippen LogP contribution in [-0.2, 0) is 9.47 Å². The number of benzene rings is 1. The Balaban J connectivity index is 2.70. The van der Waals surface area contributed by atoms with Gasteiger partial charge in [-0.3, -0.25) is 0 Å². The Kier molecular flexibility index (Phi) is 5.67. The largest absolute Gasteiger partial charge is 0.397 e. The molecule has 0 radical (unpaired) electrons. The summed E-state index contributed by atoms with van der Waals surface area (Å²) in [6.07, 6.45) is 0. The van der Waals surface area contributed by atoms with E-state index in [0.29, 0.717) is 13.2 Å². The Hall–Kier alpha value is -1.26. The molecule has 0 atom stereocenters. The van der Waals surface area contributed by atoms with Gasteiger partial charge in [0.05, 0.1) is 24.6 Å². The SMILES string of the molecule is COCCN(CCOC)c1ccccc1N. The zero-order valence-corrected chi connectivity index (χ0v) is 9.98. The van der Waals surface area contributed by atoms with Gasteiger partial charge in [0.1, 0.15) is 0 Å². The van der Waals surface area contributed by atoms with Crippen molar-refractivity contribution in [3.8, 4) is 0 Å². The standard InChI is InChI=1S/C12H20N2O2/c1-15-9-7-14(8-10-16-2)12-6-4-3-5-11(12)13/h3-6H,7-10,13H2,1-2H3. The third-order valence-corrected chi connectivity index (χ3v) is 2.41. The van der Waals surface area contributed by atoms with Crippen molar-refractivity contribution in [1.29, 1.82) is 0 Å². The summed E-state index contributed by atoms with van der Waals surface area (Å²) in [5.41, 5.74) is 7.77. The average molecular weight is 224 g/mol. The Morgan fingerprint density at radius 1 is 1.06 bits per heavy atom. The molecule has 2 N–H and O–H groups in total. The van der Waals surface area contributed by atoms with Crippen LogP contribution < -0.4 is 10.6 Å². The molecule has 0 heterocycles. The third-order valence-electron chi connectivity index (χ3n) is 2.41. The molecule has 4 nitrogen and oxygen atoms in total. The van der Waals surface area contributed by atoms with E-state index in [1.165, 1.54) is 0 Å². The third kappa shape index (κ3) is 3.72. The van der Waals surface area contributed by atoms with Crippen LogP contribution in [0.15, 0.2) is 24.3 Å². The molecule has 0 aliphatic rings. The molecular weight excluding hydrogens is 204 g/mol. The maximum atomic E-state index is 5.94. The molecule has 1 aromatic rings. The van der Waals surface area contributed by atoms with Gasteiger partial charge in [0.2, 0.25) is 0 Å². The van der Waals surface area contributed by atoms with E-state index in [1.807, 2.05) is 24.3 Å². The summed E-state index contributed by atoms with van der Waals surface area (Å²) in [5.74, 6) is 0. The average Bonchev–Trinajstić information content (AvgIpc) is 2.31. The second-order valence-electron chi connectivity index (χ2n) is 3.53. The van der Waals surface area contributed by atoms with Gasteiger partial charge in [0.25, 0.3) is 0 Å². The molecule has 0 aromatic heterocycles. The summed E-state index contributed by atoms with van der Waals surface area (Å²) in [4.78, 5) is 2.17. The first-order valence-electron chi connectivity index (χ1n) is 5.37. The van der Waals surface area contributed by atoms with Crippen LogP contribution in [0.3, 0.4) is 0 Å². The lowest BCUT2D eigenvalue weighted by Crippen LogP contribution is -2.31. The first-order valence-corrected chi connectivity index (χ1v) is 5.37. The van der Waals surface area contributed by atoms with Crippen LogP contribution >= 0.6 is 0 Å². The number of ether oxygens (including phenoxy) is 2. The van der Waals surface area contributed by atoms with Crippen LogP contribution in [-0.4, -0.2) is 40.5 Å². The molecule has 0 unspecified atom stereocenters. The molecule has 16 heavy (non-hydrogen) atoms. The van der Waals surface area contributed by atoms with Crippen molar-refractivity contribution >= 4 is 11.4 Å². The molecule has 0 aliphatic carbocycles. The maximum absolute atomic E-state index is 5.94. The lowest BCUT2D eigenvalue weighted by molar-refractivity contribution is 0.190. The first kappa shape index (κ1) is 12.8. The molecular formula is C12H20N2O2. The Morgan fingerprint density at radius 2 is 1.62 bits per heavy atom. The summed E-state index contributed by atoms with van der Waals surface area (Å²) < 4.78 is 10.2. The van der Waals surface area contributed by atoms with E-state index in [1.54, 1.807) is 14.2 Å². The molecule has 0 saturated heterocycles. The van der Waals surface area contributed by atoms with E-state index in [0.717, 1.165) is 24.5 Å². The summed E-state index contributed by atoms with van der Waals surface area (Å²) in [7, 11) is 3.39. The summed E-state index contributed by atoms with van der Waals surface area (Å²) in [6.45, 7) is 2.98. The minimum absolute atomic E-state index is 0.679. The molecule has 0 spiro atoms. The highest BCUT2D eigenvalue weighted by atomic mass is 16.5. The van der Waals surface area contributed by atoms with Crippen molar-refractivity contribution in [3.05, 3.63) is 24.3 Å². The number of para-hydroxylation sites is 2. The first-order chi connectivity index (χ1) is 7.79. The molecule has 0 amide bonds. The van der Waals surface area contributed by atoms with E-state index in [-0.39, 0.29) is 0 Å².